The van der Waals surface area contributed by atoms with Crippen LogP contribution < -0.4 is 20.3 Å². The van der Waals surface area contributed by atoms with Gasteiger partial charge in [-0.25, -0.2) is 19.3 Å². The third-order valence-electron chi connectivity index (χ3n) is 7.08. The number of anilines is 1. The lowest BCUT2D eigenvalue weighted by molar-refractivity contribution is -0.145. The third-order valence-corrected chi connectivity index (χ3v) is 7.08. The summed E-state index contributed by atoms with van der Waals surface area (Å²) in [6.45, 7) is 0.718. The Balaban J connectivity index is 1.10. The average molecular weight is 582 g/mol. The number of hydrogen-bond acceptors (Lipinski definition) is 8. The molecule has 0 saturated carbocycles. The minimum Gasteiger partial charge on any atom is -0.489 e. The Hall–Kier alpha value is -4.79. The number of aromatic nitrogens is 6. The number of alkyl halides is 3. The van der Waals surface area contributed by atoms with Crippen molar-refractivity contribution in [1.29, 1.82) is 0 Å². The van der Waals surface area contributed by atoms with Crippen LogP contribution in [0.3, 0.4) is 0 Å². The van der Waals surface area contributed by atoms with Crippen LogP contribution in [-0.2, 0) is 37.0 Å². The van der Waals surface area contributed by atoms with Gasteiger partial charge in [0.1, 0.15) is 30.5 Å². The molecule has 0 fully saturated rings. The normalized spacial score (nSPS) is 18.6. The monoisotopic (exact) mass is 581 g/mol. The number of fused-ring (bicyclic) bond motifs is 2. The third kappa shape index (κ3) is 5.68. The molecule has 2 unspecified atom stereocenters. The van der Waals surface area contributed by atoms with Crippen molar-refractivity contribution in [3.05, 3.63) is 83.5 Å². The van der Waals surface area contributed by atoms with Crippen molar-refractivity contribution in [3.8, 4) is 5.75 Å². The van der Waals surface area contributed by atoms with Gasteiger partial charge in [-0.15, -0.1) is 10.2 Å². The molecule has 2 aromatic heterocycles. The molecule has 0 bridgehead atoms. The number of amides is 2. The quantitative estimate of drug-likeness (QED) is 0.353. The van der Waals surface area contributed by atoms with E-state index in [0.29, 0.717) is 24.4 Å². The van der Waals surface area contributed by atoms with Gasteiger partial charge in [-0.2, -0.15) is 13.2 Å². The van der Waals surface area contributed by atoms with E-state index in [1.54, 1.807) is 23.9 Å². The number of halogens is 3. The maximum absolute atomic E-state index is 13.3. The zero-order valence-corrected chi connectivity index (χ0v) is 22.4. The molecule has 42 heavy (non-hydrogen) atoms. The first-order valence-corrected chi connectivity index (χ1v) is 13.2. The first-order chi connectivity index (χ1) is 20.1. The van der Waals surface area contributed by atoms with Gasteiger partial charge in [0, 0.05) is 13.1 Å². The van der Waals surface area contributed by atoms with Gasteiger partial charge < -0.3 is 20.3 Å². The molecule has 2 atom stereocenters. The number of likely N-dealkylation sites (N-methyl/N-ethyl adjacent to an activating group) is 1. The van der Waals surface area contributed by atoms with Crippen LogP contribution in [0.4, 0.5) is 18.9 Å². The summed E-state index contributed by atoms with van der Waals surface area (Å²) >= 11 is 0. The van der Waals surface area contributed by atoms with Gasteiger partial charge in [-0.1, -0.05) is 36.4 Å². The molecule has 218 valence electrons. The molecule has 0 spiro atoms. The van der Waals surface area contributed by atoms with E-state index in [0.717, 1.165) is 11.1 Å². The number of hydrogen-bond donors (Lipinski definition) is 2. The molecule has 2 N–H and O–H groups in total. The molecular formula is C27H26F3N9O3. The highest BCUT2D eigenvalue weighted by Crippen LogP contribution is 2.32. The van der Waals surface area contributed by atoms with Gasteiger partial charge in [0.05, 0.1) is 25.3 Å². The van der Waals surface area contributed by atoms with Crippen LogP contribution in [0.15, 0.2) is 54.9 Å². The first-order valence-electron chi connectivity index (χ1n) is 13.2. The molecule has 6 rings (SSSR count). The molecule has 2 aromatic carbocycles. The highest BCUT2D eigenvalue weighted by Gasteiger charge is 2.38. The number of carbonyl (C=O) groups is 2. The Morgan fingerprint density at radius 2 is 1.95 bits per heavy atom. The van der Waals surface area contributed by atoms with Crippen LogP contribution >= 0.6 is 0 Å². The number of carbonyl (C=O) groups excluding carboxylic acids is 2. The fourth-order valence-corrected chi connectivity index (χ4v) is 4.94. The molecule has 4 aromatic rings. The van der Waals surface area contributed by atoms with Crippen LogP contribution in [0.1, 0.15) is 33.4 Å². The smallest absolute Gasteiger partial charge is 0.453 e. The Bertz CT molecular complexity index is 1620. The Morgan fingerprint density at radius 1 is 1.14 bits per heavy atom. The molecule has 2 amide bonds. The van der Waals surface area contributed by atoms with Gasteiger partial charge in [-0.05, 0) is 29.7 Å². The molecule has 2 aliphatic rings. The van der Waals surface area contributed by atoms with E-state index in [-0.39, 0.29) is 43.3 Å². The van der Waals surface area contributed by atoms with E-state index in [1.807, 2.05) is 36.4 Å². The largest absolute Gasteiger partial charge is 0.489 e. The summed E-state index contributed by atoms with van der Waals surface area (Å²) in [5, 5.41) is 13.7. The maximum Gasteiger partial charge on any atom is 0.453 e. The predicted octanol–water partition coefficient (Wildman–Crippen LogP) is 1.80. The zero-order chi connectivity index (χ0) is 29.4. The summed E-state index contributed by atoms with van der Waals surface area (Å²) in [7, 11) is 1.59. The fourth-order valence-electron chi connectivity index (χ4n) is 4.94. The first kappa shape index (κ1) is 27.4. The van der Waals surface area contributed by atoms with E-state index < -0.39 is 23.9 Å². The lowest BCUT2D eigenvalue weighted by Gasteiger charge is -2.25. The minimum atomic E-state index is -4.61. The standard InChI is InChI=1S/C27H26F3N9O3/c1-37-20-10-17(9-18-13-39-22(11-31-18)34-26(36-39)27(28,29)30)7-8-21(20)42-14-19(25(37)41)33-24(40)23-32-15-38(35-23)12-16-5-3-2-4-6-16/h2-8,10,15,18-19,31H,9,11-14H2,1H3,(H,33,40). The lowest BCUT2D eigenvalue weighted by Crippen LogP contribution is -2.49. The van der Waals surface area contributed by atoms with Gasteiger partial charge >= 0.3 is 6.18 Å². The lowest BCUT2D eigenvalue weighted by atomic mass is 10.0. The number of rotatable bonds is 6. The predicted molar refractivity (Wildman–Crippen MR) is 142 cm³/mol. The number of nitrogens with zero attached hydrogens (tertiary/aromatic N) is 7. The molecule has 0 radical (unpaired) electrons. The second-order valence-corrected chi connectivity index (χ2v) is 10.1. The molecular weight excluding hydrogens is 555 g/mol. The van der Waals surface area contributed by atoms with Crippen LogP contribution in [-0.4, -0.2) is 67.1 Å². The molecule has 12 nitrogen and oxygen atoms in total. The summed E-state index contributed by atoms with van der Waals surface area (Å²) in [6.07, 6.45) is -2.68. The average Bonchev–Trinajstić information content (AvgIpc) is 3.60. The zero-order valence-electron chi connectivity index (χ0n) is 22.4. The summed E-state index contributed by atoms with van der Waals surface area (Å²) in [6, 6.07) is 13.8. The topological polar surface area (TPSA) is 132 Å². The highest BCUT2D eigenvalue weighted by molar-refractivity contribution is 6.02. The van der Waals surface area contributed by atoms with E-state index >= 15 is 0 Å². The van der Waals surface area contributed by atoms with Crippen molar-refractivity contribution >= 4 is 17.5 Å². The van der Waals surface area contributed by atoms with Gasteiger partial charge in [0.25, 0.3) is 17.6 Å². The minimum absolute atomic E-state index is 0.0664. The summed E-state index contributed by atoms with van der Waals surface area (Å²) in [5.41, 5.74) is 2.35. The van der Waals surface area contributed by atoms with Crippen molar-refractivity contribution in [2.45, 2.75) is 44.3 Å². The van der Waals surface area contributed by atoms with Crippen LogP contribution in [0.25, 0.3) is 0 Å². The Labute approximate surface area is 237 Å². The molecule has 0 saturated heterocycles. The fraction of sp³-hybridized carbons (Fsp3) is 0.333. The van der Waals surface area contributed by atoms with Crippen LogP contribution in [0, 0.1) is 0 Å². The van der Waals surface area contributed by atoms with E-state index in [2.05, 4.69) is 30.8 Å². The SMILES string of the molecule is CN1C(=O)C(NC(=O)c2ncn(Cc3ccccc3)n2)COc2ccc(CC3Cn4nc(C(F)(F)F)nc4CN3)cc21. The molecule has 0 aliphatic carbocycles. The van der Waals surface area contributed by atoms with Crippen LogP contribution in [0.5, 0.6) is 5.75 Å². The summed E-state index contributed by atoms with van der Waals surface area (Å²) in [4.78, 5) is 35.3. The van der Waals surface area contributed by atoms with E-state index in [1.165, 1.54) is 15.9 Å². The van der Waals surface area contributed by atoms with Gasteiger partial charge in [0.15, 0.2) is 0 Å². The van der Waals surface area contributed by atoms with Crippen molar-refractivity contribution in [3.63, 3.8) is 0 Å². The van der Waals surface area contributed by atoms with Crippen molar-refractivity contribution < 1.29 is 27.5 Å². The van der Waals surface area contributed by atoms with Gasteiger partial charge in [-0.3, -0.25) is 9.59 Å². The second-order valence-electron chi connectivity index (χ2n) is 10.1. The van der Waals surface area contributed by atoms with Crippen molar-refractivity contribution in [1.82, 2.24) is 40.2 Å². The second kappa shape index (κ2) is 10.9. The summed E-state index contributed by atoms with van der Waals surface area (Å²) in [5.74, 6) is -1.52. The molecule has 2 aliphatic heterocycles. The maximum atomic E-state index is 13.3. The van der Waals surface area contributed by atoms with Crippen molar-refractivity contribution in [2.75, 3.05) is 18.6 Å². The van der Waals surface area contributed by atoms with E-state index in [9.17, 15) is 22.8 Å². The summed E-state index contributed by atoms with van der Waals surface area (Å²) < 4.78 is 47.7. The Kier molecular flexibility index (Phi) is 7.10. The van der Waals surface area contributed by atoms with Gasteiger partial charge in [0.2, 0.25) is 5.82 Å². The van der Waals surface area contributed by atoms with Crippen LogP contribution in [0.2, 0.25) is 0 Å². The Morgan fingerprint density at radius 3 is 2.74 bits per heavy atom. The van der Waals surface area contributed by atoms with E-state index in [4.69, 9.17) is 4.74 Å². The molecule has 15 heteroatoms. The van der Waals surface area contributed by atoms with Crippen molar-refractivity contribution in [2.24, 2.45) is 0 Å². The highest BCUT2D eigenvalue weighted by atomic mass is 19.4. The molecule has 4 heterocycles. The number of ether oxygens (including phenoxy) is 1. The number of benzene rings is 2. The number of nitrogens with one attached hydrogen (secondary N) is 2.